The van der Waals surface area contributed by atoms with E-state index in [0.717, 1.165) is 17.1 Å². The van der Waals surface area contributed by atoms with Gasteiger partial charge in [-0.25, -0.2) is 0 Å². The van der Waals surface area contributed by atoms with Gasteiger partial charge in [-0.1, -0.05) is 6.07 Å². The van der Waals surface area contributed by atoms with Gasteiger partial charge in [-0.15, -0.1) is 6.07 Å². The molecule has 1 aromatic rings. The van der Waals surface area contributed by atoms with Crippen LogP contribution in [0, 0.1) is 6.92 Å². The fourth-order valence-corrected chi connectivity index (χ4v) is 0.882. The number of benzene rings is 1. The minimum absolute atomic E-state index is 0. The Balaban J connectivity index is 0.00000121. The van der Waals surface area contributed by atoms with Crippen LogP contribution >= 0.6 is 0 Å². The first-order valence-corrected chi connectivity index (χ1v) is 3.32. The molecule has 0 spiro atoms. The predicted octanol–water partition coefficient (Wildman–Crippen LogP) is 1.88. The van der Waals surface area contributed by atoms with E-state index in [4.69, 9.17) is 9.47 Å². The number of hydrogen-bond donors (Lipinski definition) is 0. The van der Waals surface area contributed by atoms with Gasteiger partial charge in [0.15, 0.2) is 0 Å². The molecule has 0 bridgehead atoms. The molecule has 0 atom stereocenters. The molecule has 1 rings (SSSR count). The maximum Gasteiger partial charge on any atom is 0.0759 e. The molecule has 0 aliphatic rings. The van der Waals surface area contributed by atoms with Gasteiger partial charge in [-0.3, -0.25) is 0 Å². The molecule has 0 saturated carbocycles. The van der Waals surface area contributed by atoms with E-state index in [1.165, 1.54) is 0 Å². The van der Waals surface area contributed by atoms with E-state index in [1.54, 1.807) is 14.2 Å². The molecule has 0 radical (unpaired) electrons. The van der Waals surface area contributed by atoms with Crippen molar-refractivity contribution in [3.05, 3.63) is 30.7 Å². The van der Waals surface area contributed by atoms with E-state index >= 15 is 0 Å². The maximum absolute atomic E-state index is 5.03. The Kier molecular flexibility index (Phi) is 4.76. The van der Waals surface area contributed by atoms with E-state index in [1.807, 2.05) is 18.2 Å². The Morgan fingerprint density at radius 1 is 1.17 bits per heavy atom. The van der Waals surface area contributed by atoms with Crippen LogP contribution in [0.1, 0.15) is 5.56 Å². The van der Waals surface area contributed by atoms with Crippen molar-refractivity contribution in [3.63, 3.8) is 0 Å². The zero-order valence-corrected chi connectivity index (χ0v) is 10.4. The van der Waals surface area contributed by atoms with Gasteiger partial charge in [0, 0.05) is 25.2 Å². The quantitative estimate of drug-likeness (QED) is 0.555. The van der Waals surface area contributed by atoms with Gasteiger partial charge >= 0.3 is 0 Å². The molecule has 0 heterocycles. The Morgan fingerprint density at radius 2 is 1.83 bits per heavy atom. The average molecular weight is 217 g/mol. The molecule has 2 nitrogen and oxygen atoms in total. The summed E-state index contributed by atoms with van der Waals surface area (Å²) >= 11 is 0. The fraction of sp³-hybridized carbons (Fsp3) is 0.222. The summed E-state index contributed by atoms with van der Waals surface area (Å²) in [6.07, 6.45) is 0. The van der Waals surface area contributed by atoms with Crippen LogP contribution in [0.2, 0.25) is 0 Å². The summed E-state index contributed by atoms with van der Waals surface area (Å²) in [5.74, 6) is 1.58. The van der Waals surface area contributed by atoms with E-state index < -0.39 is 0 Å². The van der Waals surface area contributed by atoms with Crippen molar-refractivity contribution < 1.29 is 29.0 Å². The SMILES string of the molecule is [CH2-]c1cc(OC)ccc1OC.[Zn]. The van der Waals surface area contributed by atoms with Crippen LogP contribution in [0.3, 0.4) is 0 Å². The Labute approximate surface area is 85.6 Å². The van der Waals surface area contributed by atoms with Gasteiger partial charge in [0.05, 0.1) is 20.0 Å². The van der Waals surface area contributed by atoms with Gasteiger partial charge in [0.25, 0.3) is 0 Å². The number of rotatable bonds is 2. The van der Waals surface area contributed by atoms with Crippen molar-refractivity contribution in [2.24, 2.45) is 0 Å². The van der Waals surface area contributed by atoms with Crippen molar-refractivity contribution in [2.75, 3.05) is 14.2 Å². The van der Waals surface area contributed by atoms with Crippen LogP contribution < -0.4 is 9.47 Å². The molecule has 0 aromatic heterocycles. The topological polar surface area (TPSA) is 18.5 Å². The average Bonchev–Trinajstić information content (AvgIpc) is 2.04. The summed E-state index contributed by atoms with van der Waals surface area (Å²) in [5, 5.41) is 0. The van der Waals surface area contributed by atoms with Gasteiger partial charge in [0.2, 0.25) is 0 Å². The van der Waals surface area contributed by atoms with Gasteiger partial charge in [-0.2, -0.15) is 12.5 Å². The second-order valence-electron chi connectivity index (χ2n) is 2.18. The van der Waals surface area contributed by atoms with Crippen LogP contribution in [-0.4, -0.2) is 14.2 Å². The molecule has 12 heavy (non-hydrogen) atoms. The third-order valence-corrected chi connectivity index (χ3v) is 1.49. The van der Waals surface area contributed by atoms with Crippen LogP contribution in [0.5, 0.6) is 11.5 Å². The first kappa shape index (κ1) is 11.3. The van der Waals surface area contributed by atoms with E-state index in [9.17, 15) is 0 Å². The molecule has 62 valence electrons. The summed E-state index contributed by atoms with van der Waals surface area (Å²) in [7, 11) is 3.25. The van der Waals surface area contributed by atoms with Gasteiger partial charge < -0.3 is 9.47 Å². The first-order valence-electron chi connectivity index (χ1n) is 3.32. The number of methoxy groups -OCH3 is 2. The summed E-state index contributed by atoms with van der Waals surface area (Å²) in [6.45, 7) is 3.79. The predicted molar refractivity (Wildman–Crippen MR) is 44.0 cm³/mol. The summed E-state index contributed by atoms with van der Waals surface area (Å²) in [5.41, 5.74) is 0.840. The fourth-order valence-electron chi connectivity index (χ4n) is 0.882. The number of hydrogen-bond acceptors (Lipinski definition) is 2. The molecule has 1 aromatic carbocycles. The number of ether oxygens (including phenoxy) is 2. The largest absolute Gasteiger partial charge is 0.554 e. The van der Waals surface area contributed by atoms with Crippen molar-refractivity contribution in [1.29, 1.82) is 0 Å². The molecular formula is C9H11O2Zn-. The van der Waals surface area contributed by atoms with Gasteiger partial charge in [-0.05, 0) is 6.07 Å². The van der Waals surface area contributed by atoms with Crippen molar-refractivity contribution in [3.8, 4) is 11.5 Å². The molecular weight excluding hydrogens is 205 g/mol. The molecule has 0 saturated heterocycles. The molecule has 0 aliphatic carbocycles. The third kappa shape index (κ3) is 2.42. The molecule has 0 fully saturated rings. The van der Waals surface area contributed by atoms with E-state index in [0.29, 0.717) is 0 Å². The zero-order valence-electron chi connectivity index (χ0n) is 7.46. The Hall–Kier alpha value is -0.687. The van der Waals surface area contributed by atoms with Gasteiger partial charge in [0.1, 0.15) is 0 Å². The maximum atomic E-state index is 5.03. The molecule has 0 aliphatic heterocycles. The standard InChI is InChI=1S/C9H11O2.Zn/c1-7-6-8(10-2)4-5-9(7)11-3;/h4-6H,1H2,2-3H3;/q-1;. The third-order valence-electron chi connectivity index (χ3n) is 1.49. The van der Waals surface area contributed by atoms with Crippen molar-refractivity contribution >= 4 is 0 Å². The van der Waals surface area contributed by atoms with Crippen molar-refractivity contribution in [1.82, 2.24) is 0 Å². The molecule has 0 unspecified atom stereocenters. The Bertz CT molecular complexity index is 248. The first-order chi connectivity index (χ1) is 5.27. The molecule has 3 heteroatoms. The monoisotopic (exact) mass is 215 g/mol. The van der Waals surface area contributed by atoms with Crippen molar-refractivity contribution in [2.45, 2.75) is 0 Å². The van der Waals surface area contributed by atoms with E-state index in [-0.39, 0.29) is 19.5 Å². The van der Waals surface area contributed by atoms with Crippen LogP contribution in [0.4, 0.5) is 0 Å². The summed E-state index contributed by atoms with van der Waals surface area (Å²) in [4.78, 5) is 0. The molecule has 0 N–H and O–H groups in total. The molecule has 0 amide bonds. The van der Waals surface area contributed by atoms with E-state index in [2.05, 4.69) is 6.92 Å². The minimum atomic E-state index is 0. The second kappa shape index (κ2) is 5.05. The normalized spacial score (nSPS) is 8.50. The smallest absolute Gasteiger partial charge is 0.0759 e. The summed E-state index contributed by atoms with van der Waals surface area (Å²) < 4.78 is 10.0. The minimum Gasteiger partial charge on any atom is -0.554 e. The summed E-state index contributed by atoms with van der Waals surface area (Å²) in [6, 6.07) is 5.51. The Morgan fingerprint density at radius 3 is 2.25 bits per heavy atom. The second-order valence-corrected chi connectivity index (χ2v) is 2.18. The zero-order chi connectivity index (χ0) is 8.27. The van der Waals surface area contributed by atoms with Crippen LogP contribution in [-0.2, 0) is 19.5 Å². The van der Waals surface area contributed by atoms with Crippen LogP contribution in [0.25, 0.3) is 0 Å². The van der Waals surface area contributed by atoms with Crippen LogP contribution in [0.15, 0.2) is 18.2 Å².